The Hall–Kier alpha value is -1.52. The van der Waals surface area contributed by atoms with E-state index in [2.05, 4.69) is 36.8 Å². The molecule has 1 aliphatic carbocycles. The highest BCUT2D eigenvalue weighted by atomic mass is 36.0. The zero-order valence-electron chi connectivity index (χ0n) is 13.7. The van der Waals surface area contributed by atoms with Gasteiger partial charge in [0.1, 0.15) is 0 Å². The number of alkyl halides is 3. The van der Waals surface area contributed by atoms with E-state index in [-0.39, 0.29) is 5.95 Å². The lowest BCUT2D eigenvalue weighted by molar-refractivity contribution is -0.144. The molecule has 0 unspecified atom stereocenters. The molecule has 0 radical (unpaired) electrons. The second-order valence-electron chi connectivity index (χ2n) is 5.63. The van der Waals surface area contributed by atoms with Gasteiger partial charge in [0.25, 0.3) is 5.82 Å². The Kier molecular flexibility index (Phi) is 6.09. The number of nitrogens with one attached hydrogen (secondary N) is 1. The number of benzene rings is 1. The summed E-state index contributed by atoms with van der Waals surface area (Å²) in [6, 6.07) is 5.69. The van der Waals surface area contributed by atoms with E-state index in [4.69, 9.17) is 8.42 Å². The van der Waals surface area contributed by atoms with Crippen LogP contribution in [0.5, 0.6) is 0 Å². The van der Waals surface area contributed by atoms with Crippen molar-refractivity contribution < 1.29 is 21.6 Å². The van der Waals surface area contributed by atoms with Crippen molar-refractivity contribution >= 4 is 35.6 Å². The van der Waals surface area contributed by atoms with Gasteiger partial charge in [0.15, 0.2) is 0 Å². The Balaban J connectivity index is 0.000000431. The topological polar surface area (TPSA) is 76.9 Å². The molecule has 1 aromatic carbocycles. The average molecular weight is 431 g/mol. The van der Waals surface area contributed by atoms with Crippen molar-refractivity contribution in [1.82, 2.24) is 14.8 Å². The first-order chi connectivity index (χ1) is 11.9. The highest BCUT2D eigenvalue weighted by molar-refractivity contribution is 8.31. The number of hydrogen-bond donors (Lipinski definition) is 1. The number of halogens is 5. The highest BCUT2D eigenvalue weighted by Gasteiger charge is 2.38. The van der Waals surface area contributed by atoms with E-state index < -0.39 is 20.3 Å². The van der Waals surface area contributed by atoms with Crippen molar-refractivity contribution in [2.24, 2.45) is 0 Å². The second-order valence-corrected chi connectivity index (χ2v) is 9.30. The van der Waals surface area contributed by atoms with Gasteiger partial charge in [-0.3, -0.25) is 0 Å². The minimum absolute atomic E-state index is 0.0908. The Morgan fingerprint density at radius 3 is 2.31 bits per heavy atom. The van der Waals surface area contributed by atoms with Gasteiger partial charge in [-0.25, -0.2) is 0 Å². The first-order valence-electron chi connectivity index (χ1n) is 7.37. The Labute approximate surface area is 157 Å². The van der Waals surface area contributed by atoms with Crippen LogP contribution in [-0.2, 0) is 14.4 Å². The maximum Gasteiger partial charge on any atom is 0.453 e. The molecule has 1 N–H and O–H groups in total. The molecule has 26 heavy (non-hydrogen) atoms. The minimum Gasteiger partial charge on any atom is -0.357 e. The standard InChI is InChI=1S/C14H15F3N4.Cl2O2S/c1-8-3-6-11(10(7-8)9-4-5-9)21-13(18-2)19-12(20-21)14(15,16)17;1-5(2,3)4/h3,6-7,9H,4-5H2,1-2H3,(H,18,19,20);. The predicted octanol–water partition coefficient (Wildman–Crippen LogP) is 4.22. The van der Waals surface area contributed by atoms with Gasteiger partial charge < -0.3 is 5.32 Å². The molecule has 1 fully saturated rings. The van der Waals surface area contributed by atoms with Crippen LogP contribution in [0.1, 0.15) is 35.7 Å². The molecule has 6 nitrogen and oxygen atoms in total. The van der Waals surface area contributed by atoms with Crippen LogP contribution in [-0.4, -0.2) is 30.2 Å². The summed E-state index contributed by atoms with van der Waals surface area (Å²) in [6.07, 6.45) is -2.43. The number of aryl methyl sites for hydroxylation is 1. The fourth-order valence-corrected chi connectivity index (χ4v) is 2.35. The SMILES string of the molecule is CNc1nc(C(F)(F)F)nn1-c1ccc(C)cc1C1CC1.O=S(=O)(Cl)Cl. The van der Waals surface area contributed by atoms with Gasteiger partial charge in [0, 0.05) is 28.4 Å². The molecule has 0 aliphatic heterocycles. The van der Waals surface area contributed by atoms with Crippen LogP contribution in [0.4, 0.5) is 19.1 Å². The van der Waals surface area contributed by atoms with Crippen LogP contribution < -0.4 is 5.32 Å². The lowest BCUT2D eigenvalue weighted by Crippen LogP contribution is -2.09. The van der Waals surface area contributed by atoms with Crippen molar-refractivity contribution in [2.45, 2.75) is 31.9 Å². The summed E-state index contributed by atoms with van der Waals surface area (Å²) in [5.41, 5.74) is 2.78. The van der Waals surface area contributed by atoms with Crippen molar-refractivity contribution in [2.75, 3.05) is 12.4 Å². The van der Waals surface area contributed by atoms with Gasteiger partial charge in [-0.05, 0) is 37.3 Å². The molecule has 1 saturated carbocycles. The molecular weight excluding hydrogens is 416 g/mol. The lowest BCUT2D eigenvalue weighted by Gasteiger charge is -2.11. The largest absolute Gasteiger partial charge is 0.453 e. The second kappa shape index (κ2) is 7.61. The van der Waals surface area contributed by atoms with Crippen molar-refractivity contribution in [3.63, 3.8) is 0 Å². The van der Waals surface area contributed by atoms with Crippen molar-refractivity contribution in [3.05, 3.63) is 35.2 Å². The fourth-order valence-electron chi connectivity index (χ4n) is 2.35. The zero-order chi connectivity index (χ0) is 19.7. The Morgan fingerprint density at radius 1 is 1.27 bits per heavy atom. The molecule has 144 valence electrons. The van der Waals surface area contributed by atoms with E-state index in [1.54, 1.807) is 6.07 Å². The maximum absolute atomic E-state index is 12.8. The first-order valence-corrected chi connectivity index (χ1v) is 10.5. The smallest absolute Gasteiger partial charge is 0.357 e. The number of anilines is 1. The first kappa shape index (κ1) is 20.8. The predicted molar refractivity (Wildman–Crippen MR) is 93.2 cm³/mol. The summed E-state index contributed by atoms with van der Waals surface area (Å²) in [4.78, 5) is 3.54. The van der Waals surface area contributed by atoms with Gasteiger partial charge >= 0.3 is 14.4 Å². The number of rotatable bonds is 3. The molecule has 0 bridgehead atoms. The third kappa shape index (κ3) is 5.75. The molecule has 1 aromatic heterocycles. The molecule has 3 rings (SSSR count). The lowest BCUT2D eigenvalue weighted by atomic mass is 10.1. The molecule has 0 saturated heterocycles. The third-order valence-electron chi connectivity index (χ3n) is 3.51. The van der Waals surface area contributed by atoms with E-state index in [1.165, 1.54) is 11.7 Å². The monoisotopic (exact) mass is 430 g/mol. The molecule has 0 atom stereocenters. The van der Waals surface area contributed by atoms with Crippen molar-refractivity contribution in [1.29, 1.82) is 0 Å². The third-order valence-corrected chi connectivity index (χ3v) is 3.51. The van der Waals surface area contributed by atoms with Crippen LogP contribution in [0.15, 0.2) is 18.2 Å². The van der Waals surface area contributed by atoms with Gasteiger partial charge in [0.05, 0.1) is 5.69 Å². The van der Waals surface area contributed by atoms with Gasteiger partial charge in [-0.1, -0.05) is 17.7 Å². The number of nitrogens with zero attached hydrogens (tertiary/aromatic N) is 3. The Bertz CT molecular complexity index is 888. The Morgan fingerprint density at radius 2 is 1.85 bits per heavy atom. The van der Waals surface area contributed by atoms with Gasteiger partial charge in [-0.15, -0.1) is 5.10 Å². The molecule has 12 heteroatoms. The van der Waals surface area contributed by atoms with E-state index in [1.807, 2.05) is 19.1 Å². The van der Waals surface area contributed by atoms with E-state index in [9.17, 15) is 13.2 Å². The molecule has 2 aromatic rings. The van der Waals surface area contributed by atoms with Crippen LogP contribution in [0.2, 0.25) is 0 Å². The summed E-state index contributed by atoms with van der Waals surface area (Å²) < 4.78 is 58.0. The molecule has 0 amide bonds. The van der Waals surface area contributed by atoms with Crippen LogP contribution in [0, 0.1) is 6.92 Å². The van der Waals surface area contributed by atoms with Crippen molar-refractivity contribution in [3.8, 4) is 5.69 Å². The number of hydrogen-bond acceptors (Lipinski definition) is 5. The molecular formula is C14H15Cl2F3N4O2S. The minimum atomic E-state index is -4.55. The van der Waals surface area contributed by atoms with Gasteiger partial charge in [0.2, 0.25) is 5.95 Å². The van der Waals surface area contributed by atoms with E-state index in [0.29, 0.717) is 11.6 Å². The summed E-state index contributed by atoms with van der Waals surface area (Å²) in [5.74, 6) is -0.634. The highest BCUT2D eigenvalue weighted by Crippen LogP contribution is 2.43. The molecule has 0 spiro atoms. The van der Waals surface area contributed by atoms with E-state index in [0.717, 1.165) is 24.0 Å². The van der Waals surface area contributed by atoms with Crippen LogP contribution >= 0.6 is 21.4 Å². The average Bonchev–Trinajstić information content (AvgIpc) is 3.23. The summed E-state index contributed by atoms with van der Waals surface area (Å²) in [6.45, 7) is 1.97. The summed E-state index contributed by atoms with van der Waals surface area (Å²) in [5, 5.41) is 6.32. The quantitative estimate of drug-likeness (QED) is 0.737. The maximum atomic E-state index is 12.8. The normalized spacial score (nSPS) is 14.6. The van der Waals surface area contributed by atoms with Gasteiger partial charge in [-0.2, -0.15) is 31.3 Å². The zero-order valence-corrected chi connectivity index (χ0v) is 16.0. The van der Waals surface area contributed by atoms with Crippen LogP contribution in [0.3, 0.4) is 0 Å². The van der Waals surface area contributed by atoms with E-state index >= 15 is 0 Å². The summed E-state index contributed by atoms with van der Waals surface area (Å²) >= 11 is 0. The summed E-state index contributed by atoms with van der Waals surface area (Å²) in [7, 11) is 6.35. The van der Waals surface area contributed by atoms with Crippen LogP contribution in [0.25, 0.3) is 5.69 Å². The number of aromatic nitrogens is 3. The molecule has 1 aliphatic rings. The fraction of sp³-hybridized carbons (Fsp3) is 0.429. The molecule has 1 heterocycles.